The molecule has 152 valence electrons. The molecule has 0 spiro atoms. The quantitative estimate of drug-likeness (QED) is 0.605. The summed E-state index contributed by atoms with van der Waals surface area (Å²) in [4.78, 5) is 4.84. The van der Waals surface area contributed by atoms with Crippen LogP contribution < -0.4 is 0 Å². The monoisotopic (exact) mass is 430 g/mol. The Balaban J connectivity index is 1.44. The van der Waals surface area contributed by atoms with Crippen molar-refractivity contribution >= 4 is 21.8 Å². The number of thioether (sulfide) groups is 1. The molecule has 4 rings (SSSR count). The van der Waals surface area contributed by atoms with E-state index in [0.29, 0.717) is 42.1 Å². The van der Waals surface area contributed by atoms with Gasteiger partial charge in [-0.25, -0.2) is 13.4 Å². The second kappa shape index (κ2) is 8.66. The van der Waals surface area contributed by atoms with Gasteiger partial charge in [-0.2, -0.15) is 4.31 Å². The zero-order valence-electron chi connectivity index (χ0n) is 16.0. The summed E-state index contributed by atoms with van der Waals surface area (Å²) in [5.41, 5.74) is 3.08. The third kappa shape index (κ3) is 4.69. The number of nitrogens with one attached hydrogen (secondary N) is 1. The van der Waals surface area contributed by atoms with Gasteiger partial charge in [0.15, 0.2) is 5.82 Å². The molecule has 7 nitrogen and oxygen atoms in total. The number of benzene rings is 2. The highest BCUT2D eigenvalue weighted by Crippen LogP contribution is 2.25. The lowest BCUT2D eigenvalue weighted by Crippen LogP contribution is -2.40. The van der Waals surface area contributed by atoms with E-state index in [-0.39, 0.29) is 0 Å². The Morgan fingerprint density at radius 2 is 1.90 bits per heavy atom. The molecule has 2 aromatic carbocycles. The molecule has 1 aromatic heterocycles. The fraction of sp³-hybridized carbons (Fsp3) is 0.300. The van der Waals surface area contributed by atoms with Gasteiger partial charge in [-0.3, -0.25) is 5.10 Å². The maximum atomic E-state index is 12.8. The molecular formula is C20H22N4O3S2. The van der Waals surface area contributed by atoms with Crippen LogP contribution in [0.5, 0.6) is 0 Å². The second-order valence-electron chi connectivity index (χ2n) is 6.79. The van der Waals surface area contributed by atoms with Gasteiger partial charge in [0.2, 0.25) is 15.2 Å². The van der Waals surface area contributed by atoms with Gasteiger partial charge < -0.3 is 4.74 Å². The molecule has 1 saturated heterocycles. The molecular weight excluding hydrogens is 408 g/mol. The molecule has 0 amide bonds. The van der Waals surface area contributed by atoms with Crippen molar-refractivity contribution in [3.63, 3.8) is 0 Å². The van der Waals surface area contributed by atoms with Gasteiger partial charge in [0.05, 0.1) is 18.1 Å². The number of morpholine rings is 1. The van der Waals surface area contributed by atoms with E-state index in [1.165, 1.54) is 21.6 Å². The topological polar surface area (TPSA) is 88.2 Å². The number of nitrogens with zero attached hydrogens (tertiary/aromatic N) is 3. The fourth-order valence-corrected chi connectivity index (χ4v) is 5.25. The molecule has 1 N–H and O–H groups in total. The maximum Gasteiger partial charge on any atom is 0.243 e. The van der Waals surface area contributed by atoms with Crippen LogP contribution in [-0.4, -0.2) is 54.2 Å². The van der Waals surface area contributed by atoms with Crippen LogP contribution in [0.3, 0.4) is 0 Å². The minimum Gasteiger partial charge on any atom is -0.379 e. The van der Waals surface area contributed by atoms with Crippen LogP contribution in [0, 0.1) is 6.92 Å². The lowest BCUT2D eigenvalue weighted by atomic mass is 10.1. The molecule has 3 aromatic rings. The molecule has 9 heteroatoms. The molecule has 0 aliphatic carbocycles. The Morgan fingerprint density at radius 1 is 1.14 bits per heavy atom. The highest BCUT2D eigenvalue weighted by atomic mass is 32.2. The van der Waals surface area contributed by atoms with Crippen molar-refractivity contribution in [2.45, 2.75) is 22.7 Å². The van der Waals surface area contributed by atoms with Gasteiger partial charge in [0.25, 0.3) is 0 Å². The van der Waals surface area contributed by atoms with Crippen LogP contribution >= 0.6 is 11.8 Å². The van der Waals surface area contributed by atoms with E-state index >= 15 is 0 Å². The highest BCUT2D eigenvalue weighted by Gasteiger charge is 2.26. The largest absolute Gasteiger partial charge is 0.379 e. The van der Waals surface area contributed by atoms with Gasteiger partial charge in [0, 0.05) is 24.4 Å². The molecule has 1 aliphatic heterocycles. The van der Waals surface area contributed by atoms with Gasteiger partial charge in [-0.1, -0.05) is 53.7 Å². The zero-order valence-corrected chi connectivity index (χ0v) is 17.7. The van der Waals surface area contributed by atoms with E-state index in [0.717, 1.165) is 17.0 Å². The Morgan fingerprint density at radius 3 is 2.66 bits per heavy atom. The summed E-state index contributed by atoms with van der Waals surface area (Å²) >= 11 is 1.47. The van der Waals surface area contributed by atoms with Crippen molar-refractivity contribution in [3.05, 3.63) is 59.7 Å². The van der Waals surface area contributed by atoms with Gasteiger partial charge in [0.1, 0.15) is 0 Å². The van der Waals surface area contributed by atoms with Crippen LogP contribution in [0.1, 0.15) is 11.1 Å². The first-order valence-corrected chi connectivity index (χ1v) is 11.7. The summed E-state index contributed by atoms with van der Waals surface area (Å²) < 4.78 is 32.4. The Labute approximate surface area is 174 Å². The molecule has 2 heterocycles. The summed E-state index contributed by atoms with van der Waals surface area (Å²) in [6.07, 6.45) is 0. The molecule has 1 aliphatic rings. The first kappa shape index (κ1) is 20.1. The van der Waals surface area contributed by atoms with Crippen molar-refractivity contribution in [3.8, 4) is 11.4 Å². The van der Waals surface area contributed by atoms with Crippen molar-refractivity contribution in [2.24, 2.45) is 0 Å². The first-order valence-electron chi connectivity index (χ1n) is 9.31. The summed E-state index contributed by atoms with van der Waals surface area (Å²) in [5, 5.41) is 7.85. The summed E-state index contributed by atoms with van der Waals surface area (Å²) in [7, 11) is -3.50. The summed E-state index contributed by atoms with van der Waals surface area (Å²) in [6.45, 7) is 3.69. The smallest absolute Gasteiger partial charge is 0.243 e. The number of sulfonamides is 1. The lowest BCUT2D eigenvalue weighted by molar-refractivity contribution is 0.0730. The van der Waals surface area contributed by atoms with Crippen LogP contribution in [0.4, 0.5) is 0 Å². The van der Waals surface area contributed by atoms with E-state index in [1.54, 1.807) is 18.2 Å². The van der Waals surface area contributed by atoms with Crippen molar-refractivity contribution < 1.29 is 13.2 Å². The number of ether oxygens (including phenoxy) is 1. The van der Waals surface area contributed by atoms with Crippen LogP contribution in [-0.2, 0) is 20.5 Å². The number of hydrogen-bond acceptors (Lipinski definition) is 6. The van der Waals surface area contributed by atoms with Crippen molar-refractivity contribution in [1.29, 1.82) is 0 Å². The predicted molar refractivity (Wildman–Crippen MR) is 112 cm³/mol. The molecule has 0 atom stereocenters. The number of aryl methyl sites for hydroxylation is 1. The normalized spacial score (nSPS) is 15.5. The maximum absolute atomic E-state index is 12.8. The lowest BCUT2D eigenvalue weighted by Gasteiger charge is -2.26. The molecule has 0 radical (unpaired) electrons. The number of H-pyrrole nitrogens is 1. The minimum absolute atomic E-state index is 0.313. The number of aromatic nitrogens is 3. The number of rotatable bonds is 6. The standard InChI is InChI=1S/C20H22N4O3S2/c1-15-5-7-17(8-6-15)19-21-20(23-22-19)28-14-16-3-2-4-18(13-16)29(25,26)24-9-11-27-12-10-24/h2-8,13H,9-12,14H2,1H3,(H,21,22,23). The zero-order chi connectivity index (χ0) is 20.3. The average molecular weight is 431 g/mol. The summed E-state index contributed by atoms with van der Waals surface area (Å²) in [6, 6.07) is 15.1. The second-order valence-corrected chi connectivity index (χ2v) is 9.67. The molecule has 1 fully saturated rings. The van der Waals surface area contributed by atoms with Crippen LogP contribution in [0.25, 0.3) is 11.4 Å². The number of hydrogen-bond donors (Lipinski definition) is 1. The fourth-order valence-electron chi connectivity index (χ4n) is 3.03. The van der Waals surface area contributed by atoms with Gasteiger partial charge in [-0.05, 0) is 24.6 Å². The Bertz CT molecular complexity index is 1080. The SMILES string of the molecule is Cc1ccc(-c2nc(SCc3cccc(S(=O)(=O)N4CCOCC4)c3)n[nH]2)cc1. The van der Waals surface area contributed by atoms with Crippen molar-refractivity contribution in [2.75, 3.05) is 26.3 Å². The highest BCUT2D eigenvalue weighted by molar-refractivity contribution is 7.98. The van der Waals surface area contributed by atoms with E-state index < -0.39 is 10.0 Å². The Kier molecular flexibility index (Phi) is 6.00. The predicted octanol–water partition coefficient (Wildman–Crippen LogP) is 3.09. The minimum atomic E-state index is -3.50. The molecule has 29 heavy (non-hydrogen) atoms. The molecule has 0 saturated carbocycles. The van der Waals surface area contributed by atoms with E-state index in [9.17, 15) is 8.42 Å². The van der Waals surface area contributed by atoms with E-state index in [1.807, 2.05) is 37.3 Å². The van der Waals surface area contributed by atoms with E-state index in [4.69, 9.17) is 4.74 Å². The third-order valence-corrected chi connectivity index (χ3v) is 7.48. The summed E-state index contributed by atoms with van der Waals surface area (Å²) in [5.74, 6) is 1.30. The average Bonchev–Trinajstić information content (AvgIpc) is 3.23. The molecule has 0 bridgehead atoms. The van der Waals surface area contributed by atoms with Crippen LogP contribution in [0.2, 0.25) is 0 Å². The first-order chi connectivity index (χ1) is 14.0. The van der Waals surface area contributed by atoms with E-state index in [2.05, 4.69) is 15.2 Å². The van der Waals surface area contributed by atoms with Gasteiger partial charge in [-0.15, -0.1) is 5.10 Å². The van der Waals surface area contributed by atoms with Crippen LogP contribution in [0.15, 0.2) is 58.6 Å². The van der Waals surface area contributed by atoms with Gasteiger partial charge >= 0.3 is 0 Å². The third-order valence-electron chi connectivity index (χ3n) is 4.66. The van der Waals surface area contributed by atoms with Crippen molar-refractivity contribution in [1.82, 2.24) is 19.5 Å². The molecule has 0 unspecified atom stereocenters. The number of aromatic amines is 1. The Hall–Kier alpha value is -2.20.